The Labute approximate surface area is 102 Å². The highest BCUT2D eigenvalue weighted by atomic mass is 32.2. The van der Waals surface area contributed by atoms with Crippen molar-refractivity contribution in [2.45, 2.75) is 18.2 Å². The van der Waals surface area contributed by atoms with E-state index in [1.807, 2.05) is 6.92 Å². The molecule has 0 heterocycles. The summed E-state index contributed by atoms with van der Waals surface area (Å²) in [5.41, 5.74) is 3.28. The lowest BCUT2D eigenvalue weighted by Gasteiger charge is -2.06. The predicted octanol–water partition coefficient (Wildman–Crippen LogP) is 0.710. The maximum Gasteiger partial charge on any atom is 0.175 e. The van der Waals surface area contributed by atoms with Gasteiger partial charge in [-0.1, -0.05) is 6.92 Å². The maximum absolute atomic E-state index is 11.3. The lowest BCUT2D eigenvalue weighted by molar-refractivity contribution is 0.602. The number of nitrogens with two attached hydrogens (primary N) is 1. The van der Waals surface area contributed by atoms with Gasteiger partial charge in [0.1, 0.15) is 5.84 Å². The molecule has 0 saturated heterocycles. The molecule has 0 saturated carbocycles. The Bertz CT molecular complexity index is 492. The van der Waals surface area contributed by atoms with E-state index in [1.54, 1.807) is 24.3 Å². The standard InChI is InChI=1S/C11H17N3O2S/c1-3-8-13-11(14-12)9-4-6-10(7-5-9)17(2,15)16/h4-7H,3,8,12H2,1-2H3,(H,13,14). The zero-order chi connectivity index (χ0) is 12.9. The van der Waals surface area contributed by atoms with E-state index >= 15 is 0 Å². The van der Waals surface area contributed by atoms with E-state index in [1.165, 1.54) is 6.26 Å². The van der Waals surface area contributed by atoms with Gasteiger partial charge in [-0.25, -0.2) is 14.3 Å². The van der Waals surface area contributed by atoms with Crippen molar-refractivity contribution in [2.75, 3.05) is 12.8 Å². The van der Waals surface area contributed by atoms with E-state index in [9.17, 15) is 8.42 Å². The number of benzene rings is 1. The van der Waals surface area contributed by atoms with Crippen molar-refractivity contribution in [1.82, 2.24) is 5.43 Å². The van der Waals surface area contributed by atoms with Crippen molar-refractivity contribution in [3.05, 3.63) is 29.8 Å². The highest BCUT2D eigenvalue weighted by Crippen LogP contribution is 2.10. The van der Waals surface area contributed by atoms with Crippen molar-refractivity contribution >= 4 is 15.7 Å². The SMILES string of the molecule is CCCN=C(NN)c1ccc(S(C)(=O)=O)cc1. The first kappa shape index (κ1) is 13.7. The number of nitrogens with one attached hydrogen (secondary N) is 1. The monoisotopic (exact) mass is 255 g/mol. The van der Waals surface area contributed by atoms with Crippen LogP contribution in [0.2, 0.25) is 0 Å². The number of nitrogens with zero attached hydrogens (tertiary/aromatic N) is 1. The summed E-state index contributed by atoms with van der Waals surface area (Å²) in [7, 11) is -3.16. The molecule has 1 aromatic carbocycles. The summed E-state index contributed by atoms with van der Waals surface area (Å²) >= 11 is 0. The molecule has 0 aliphatic heterocycles. The van der Waals surface area contributed by atoms with Crippen molar-refractivity contribution in [3.8, 4) is 0 Å². The molecular formula is C11H17N3O2S. The minimum Gasteiger partial charge on any atom is -0.308 e. The van der Waals surface area contributed by atoms with Gasteiger partial charge in [0.15, 0.2) is 9.84 Å². The Morgan fingerprint density at radius 1 is 1.35 bits per heavy atom. The van der Waals surface area contributed by atoms with Gasteiger partial charge in [-0.15, -0.1) is 0 Å². The Morgan fingerprint density at radius 3 is 2.35 bits per heavy atom. The molecule has 0 amide bonds. The number of aliphatic imine (C=N–C) groups is 1. The van der Waals surface area contributed by atoms with Crippen LogP contribution in [0.25, 0.3) is 0 Å². The number of rotatable bonds is 4. The number of hydrogen-bond donors (Lipinski definition) is 2. The number of hydrogen-bond acceptors (Lipinski definition) is 4. The van der Waals surface area contributed by atoms with Gasteiger partial charge in [-0.05, 0) is 30.7 Å². The van der Waals surface area contributed by atoms with Crippen LogP contribution >= 0.6 is 0 Å². The zero-order valence-electron chi connectivity index (χ0n) is 9.97. The van der Waals surface area contributed by atoms with E-state index in [0.717, 1.165) is 12.0 Å². The summed E-state index contributed by atoms with van der Waals surface area (Å²) in [4.78, 5) is 4.54. The van der Waals surface area contributed by atoms with Crippen LogP contribution in [0.15, 0.2) is 34.2 Å². The summed E-state index contributed by atoms with van der Waals surface area (Å²) in [6.07, 6.45) is 2.10. The van der Waals surface area contributed by atoms with E-state index < -0.39 is 9.84 Å². The molecule has 3 N–H and O–H groups in total. The first-order valence-electron chi connectivity index (χ1n) is 5.30. The van der Waals surface area contributed by atoms with Gasteiger partial charge < -0.3 is 5.43 Å². The molecule has 0 aromatic heterocycles. The summed E-state index contributed by atoms with van der Waals surface area (Å²) in [6.45, 7) is 2.69. The fourth-order valence-corrected chi connectivity index (χ4v) is 1.93. The van der Waals surface area contributed by atoms with Gasteiger partial charge in [-0.3, -0.25) is 4.99 Å². The highest BCUT2D eigenvalue weighted by Gasteiger charge is 2.07. The average molecular weight is 255 g/mol. The quantitative estimate of drug-likeness (QED) is 0.359. The largest absolute Gasteiger partial charge is 0.308 e. The van der Waals surface area contributed by atoms with Crippen LogP contribution in [-0.2, 0) is 9.84 Å². The van der Waals surface area contributed by atoms with Gasteiger partial charge in [0.25, 0.3) is 0 Å². The summed E-state index contributed by atoms with van der Waals surface area (Å²) in [6, 6.07) is 6.46. The third kappa shape index (κ3) is 3.83. The van der Waals surface area contributed by atoms with Crippen LogP contribution in [-0.4, -0.2) is 27.1 Å². The molecule has 6 heteroatoms. The minimum atomic E-state index is -3.16. The van der Waals surface area contributed by atoms with Crippen LogP contribution < -0.4 is 11.3 Å². The van der Waals surface area contributed by atoms with Crippen LogP contribution in [0.4, 0.5) is 0 Å². The first-order chi connectivity index (χ1) is 7.99. The van der Waals surface area contributed by atoms with Crippen LogP contribution in [0.3, 0.4) is 0 Å². The van der Waals surface area contributed by atoms with Crippen LogP contribution in [0.1, 0.15) is 18.9 Å². The fraction of sp³-hybridized carbons (Fsp3) is 0.364. The smallest absolute Gasteiger partial charge is 0.175 e. The van der Waals surface area contributed by atoms with E-state index in [4.69, 9.17) is 5.84 Å². The number of amidine groups is 1. The molecule has 0 aliphatic carbocycles. The summed E-state index contributed by atoms with van der Waals surface area (Å²) in [5.74, 6) is 5.93. The summed E-state index contributed by atoms with van der Waals surface area (Å²) in [5, 5.41) is 0. The topological polar surface area (TPSA) is 84.5 Å². The van der Waals surface area contributed by atoms with Gasteiger partial charge in [0.2, 0.25) is 0 Å². The third-order valence-electron chi connectivity index (χ3n) is 2.19. The fourth-order valence-electron chi connectivity index (χ4n) is 1.30. The Morgan fingerprint density at radius 2 is 1.94 bits per heavy atom. The Balaban J connectivity index is 3.01. The molecule has 0 aliphatic rings. The molecule has 0 unspecified atom stereocenters. The third-order valence-corrected chi connectivity index (χ3v) is 3.31. The Kier molecular flexibility index (Phi) is 4.65. The molecule has 0 spiro atoms. The molecule has 0 atom stereocenters. The normalized spacial score (nSPS) is 12.5. The van der Waals surface area contributed by atoms with Gasteiger partial charge in [0.05, 0.1) is 4.90 Å². The van der Waals surface area contributed by atoms with E-state index in [-0.39, 0.29) is 4.90 Å². The van der Waals surface area contributed by atoms with Gasteiger partial charge in [-0.2, -0.15) is 0 Å². The van der Waals surface area contributed by atoms with Crippen molar-refractivity contribution in [1.29, 1.82) is 0 Å². The molecule has 5 nitrogen and oxygen atoms in total. The molecule has 1 aromatic rings. The maximum atomic E-state index is 11.3. The number of sulfone groups is 1. The van der Waals surface area contributed by atoms with E-state index in [0.29, 0.717) is 12.4 Å². The lowest BCUT2D eigenvalue weighted by atomic mass is 10.2. The van der Waals surface area contributed by atoms with Crippen molar-refractivity contribution in [3.63, 3.8) is 0 Å². The predicted molar refractivity (Wildman–Crippen MR) is 68.6 cm³/mol. The van der Waals surface area contributed by atoms with Crippen molar-refractivity contribution < 1.29 is 8.42 Å². The van der Waals surface area contributed by atoms with E-state index in [2.05, 4.69) is 10.4 Å². The van der Waals surface area contributed by atoms with Gasteiger partial charge in [0, 0.05) is 18.4 Å². The minimum absolute atomic E-state index is 0.285. The molecular weight excluding hydrogens is 238 g/mol. The second-order valence-electron chi connectivity index (χ2n) is 3.67. The second-order valence-corrected chi connectivity index (χ2v) is 5.69. The molecule has 0 radical (unpaired) electrons. The molecule has 1 rings (SSSR count). The molecule has 17 heavy (non-hydrogen) atoms. The first-order valence-corrected chi connectivity index (χ1v) is 7.19. The highest BCUT2D eigenvalue weighted by molar-refractivity contribution is 7.90. The molecule has 0 fully saturated rings. The summed E-state index contributed by atoms with van der Waals surface area (Å²) < 4.78 is 22.6. The Hall–Kier alpha value is -1.40. The second kappa shape index (κ2) is 5.79. The average Bonchev–Trinajstić information content (AvgIpc) is 2.29. The lowest BCUT2D eigenvalue weighted by Crippen LogP contribution is -2.31. The van der Waals surface area contributed by atoms with Crippen LogP contribution in [0.5, 0.6) is 0 Å². The van der Waals surface area contributed by atoms with Gasteiger partial charge >= 0.3 is 0 Å². The van der Waals surface area contributed by atoms with Crippen LogP contribution in [0, 0.1) is 0 Å². The zero-order valence-corrected chi connectivity index (χ0v) is 10.8. The number of hydrazine groups is 1. The molecule has 94 valence electrons. The molecule has 0 bridgehead atoms. The van der Waals surface area contributed by atoms with Crippen molar-refractivity contribution in [2.24, 2.45) is 10.8 Å².